The van der Waals surface area contributed by atoms with Gasteiger partial charge in [-0.15, -0.1) is 0 Å². The standard InChI is InChI=1S/C21H20ClN3O6/c1-13(26)14-6-8-15(9-7-14)23-19(28)12-31-20(29)11-10-18(27)24-25-21(30)16-4-2-3-5-17(16)22/h2-9H,10-12H2,1H3,(H,23,28)(H,24,27)(H,25,30). The van der Waals surface area contributed by atoms with Crippen molar-refractivity contribution in [3.63, 3.8) is 0 Å². The molecule has 162 valence electrons. The number of hydrogen-bond acceptors (Lipinski definition) is 6. The zero-order valence-electron chi connectivity index (χ0n) is 16.6. The van der Waals surface area contributed by atoms with Crippen LogP contribution in [0.2, 0.25) is 5.02 Å². The van der Waals surface area contributed by atoms with Crippen LogP contribution in [0.3, 0.4) is 0 Å². The van der Waals surface area contributed by atoms with E-state index in [4.69, 9.17) is 16.3 Å². The van der Waals surface area contributed by atoms with Gasteiger partial charge in [-0.05, 0) is 43.3 Å². The first-order chi connectivity index (χ1) is 14.8. The van der Waals surface area contributed by atoms with Gasteiger partial charge in [-0.2, -0.15) is 0 Å². The van der Waals surface area contributed by atoms with Crippen molar-refractivity contribution in [3.8, 4) is 0 Å². The summed E-state index contributed by atoms with van der Waals surface area (Å²) in [6, 6.07) is 12.5. The first-order valence-corrected chi connectivity index (χ1v) is 9.54. The second-order valence-electron chi connectivity index (χ2n) is 6.32. The molecule has 0 aliphatic heterocycles. The molecule has 2 aromatic carbocycles. The molecule has 0 spiro atoms. The Labute approximate surface area is 183 Å². The van der Waals surface area contributed by atoms with E-state index in [0.29, 0.717) is 11.3 Å². The molecule has 9 nitrogen and oxygen atoms in total. The minimum absolute atomic E-state index is 0.0979. The largest absolute Gasteiger partial charge is 0.456 e. The lowest BCUT2D eigenvalue weighted by Gasteiger charge is -2.09. The summed E-state index contributed by atoms with van der Waals surface area (Å²) in [5.74, 6) is -2.64. The smallest absolute Gasteiger partial charge is 0.306 e. The van der Waals surface area contributed by atoms with Crippen molar-refractivity contribution in [2.24, 2.45) is 0 Å². The van der Waals surface area contributed by atoms with Gasteiger partial charge in [0.15, 0.2) is 12.4 Å². The maximum Gasteiger partial charge on any atom is 0.306 e. The van der Waals surface area contributed by atoms with E-state index in [0.717, 1.165) is 0 Å². The molecule has 2 aromatic rings. The first kappa shape index (κ1) is 23.6. The highest BCUT2D eigenvalue weighted by atomic mass is 35.5. The van der Waals surface area contributed by atoms with Crippen molar-refractivity contribution in [2.75, 3.05) is 11.9 Å². The third kappa shape index (κ3) is 7.90. The van der Waals surface area contributed by atoms with Crippen LogP contribution in [0.1, 0.15) is 40.5 Å². The molecule has 0 saturated carbocycles. The molecule has 2 rings (SSSR count). The molecule has 0 unspecified atom stereocenters. The minimum Gasteiger partial charge on any atom is -0.456 e. The zero-order valence-corrected chi connectivity index (χ0v) is 17.3. The highest BCUT2D eigenvalue weighted by molar-refractivity contribution is 6.33. The number of nitrogens with one attached hydrogen (secondary N) is 3. The fraction of sp³-hybridized carbons (Fsp3) is 0.190. The van der Waals surface area contributed by atoms with Gasteiger partial charge in [0, 0.05) is 17.7 Å². The SMILES string of the molecule is CC(=O)c1ccc(NC(=O)COC(=O)CCC(=O)NNC(=O)c2ccccc2Cl)cc1. The number of carbonyl (C=O) groups is 5. The number of rotatable bonds is 8. The number of Topliss-reactive ketones (excluding diaryl/α,β-unsaturated/α-hetero) is 1. The summed E-state index contributed by atoms with van der Waals surface area (Å²) in [4.78, 5) is 58.4. The number of halogens is 1. The van der Waals surface area contributed by atoms with Gasteiger partial charge >= 0.3 is 5.97 Å². The Kier molecular flexibility index (Phi) is 8.71. The van der Waals surface area contributed by atoms with Crippen LogP contribution < -0.4 is 16.2 Å². The second kappa shape index (κ2) is 11.5. The number of anilines is 1. The maximum absolute atomic E-state index is 11.9. The zero-order chi connectivity index (χ0) is 22.8. The molecule has 0 saturated heterocycles. The molecule has 0 aromatic heterocycles. The number of ketones is 1. The van der Waals surface area contributed by atoms with Crippen molar-refractivity contribution < 1.29 is 28.7 Å². The normalized spacial score (nSPS) is 10.0. The van der Waals surface area contributed by atoms with Gasteiger partial charge in [0.25, 0.3) is 11.8 Å². The Bertz CT molecular complexity index is 991. The van der Waals surface area contributed by atoms with Gasteiger partial charge in [-0.3, -0.25) is 34.8 Å². The summed E-state index contributed by atoms with van der Waals surface area (Å²) in [7, 11) is 0. The van der Waals surface area contributed by atoms with Crippen molar-refractivity contribution in [1.82, 2.24) is 10.9 Å². The summed E-state index contributed by atoms with van der Waals surface area (Å²) in [5.41, 5.74) is 5.49. The molecule has 31 heavy (non-hydrogen) atoms. The van der Waals surface area contributed by atoms with Gasteiger partial charge in [-0.25, -0.2) is 0 Å². The summed E-state index contributed by atoms with van der Waals surface area (Å²) in [5, 5.41) is 2.74. The number of benzene rings is 2. The summed E-state index contributed by atoms with van der Waals surface area (Å²) < 4.78 is 4.81. The topological polar surface area (TPSA) is 131 Å². The quantitative estimate of drug-likeness (QED) is 0.324. The van der Waals surface area contributed by atoms with E-state index in [9.17, 15) is 24.0 Å². The van der Waals surface area contributed by atoms with Gasteiger partial charge in [0.05, 0.1) is 17.0 Å². The lowest BCUT2D eigenvalue weighted by atomic mass is 10.1. The van der Waals surface area contributed by atoms with Crippen molar-refractivity contribution in [2.45, 2.75) is 19.8 Å². The summed E-state index contributed by atoms with van der Waals surface area (Å²) in [6.45, 7) is 0.901. The van der Waals surface area contributed by atoms with Crippen molar-refractivity contribution in [1.29, 1.82) is 0 Å². The second-order valence-corrected chi connectivity index (χ2v) is 6.73. The summed E-state index contributed by atoms with van der Waals surface area (Å²) >= 11 is 5.89. The molecular weight excluding hydrogens is 426 g/mol. The molecule has 0 atom stereocenters. The average Bonchev–Trinajstić information content (AvgIpc) is 2.75. The highest BCUT2D eigenvalue weighted by Gasteiger charge is 2.13. The number of carbonyl (C=O) groups excluding carboxylic acids is 5. The van der Waals surface area contributed by atoms with Crippen LogP contribution in [0.4, 0.5) is 5.69 Å². The van der Waals surface area contributed by atoms with Gasteiger partial charge < -0.3 is 10.1 Å². The lowest BCUT2D eigenvalue weighted by Crippen LogP contribution is -2.41. The van der Waals surface area contributed by atoms with Gasteiger partial charge in [-0.1, -0.05) is 23.7 Å². The van der Waals surface area contributed by atoms with Crippen molar-refractivity contribution in [3.05, 3.63) is 64.7 Å². The Balaban J connectivity index is 1.66. The van der Waals surface area contributed by atoms with Crippen molar-refractivity contribution >= 4 is 46.8 Å². The number of amides is 3. The van der Waals surface area contributed by atoms with Crippen LogP contribution in [0.5, 0.6) is 0 Å². The van der Waals surface area contributed by atoms with E-state index >= 15 is 0 Å². The predicted octanol–water partition coefficient (Wildman–Crippen LogP) is 2.27. The number of hydrazine groups is 1. The Morgan fingerprint density at radius 2 is 1.55 bits per heavy atom. The number of esters is 1. The van der Waals surface area contributed by atoms with Gasteiger partial charge in [0.1, 0.15) is 0 Å². The number of ether oxygens (including phenoxy) is 1. The molecule has 3 N–H and O–H groups in total. The third-order valence-corrected chi connectivity index (χ3v) is 4.26. The highest BCUT2D eigenvalue weighted by Crippen LogP contribution is 2.14. The van der Waals surface area contributed by atoms with Gasteiger partial charge in [0.2, 0.25) is 5.91 Å². The lowest BCUT2D eigenvalue weighted by molar-refractivity contribution is -0.148. The molecule has 3 amide bonds. The first-order valence-electron chi connectivity index (χ1n) is 9.16. The minimum atomic E-state index is -0.755. The van der Waals surface area contributed by atoms with E-state index in [1.54, 1.807) is 36.4 Å². The fourth-order valence-electron chi connectivity index (χ4n) is 2.32. The van der Waals surface area contributed by atoms with E-state index in [-0.39, 0.29) is 29.2 Å². The van der Waals surface area contributed by atoms with Crippen LogP contribution >= 0.6 is 11.6 Å². The van der Waals surface area contributed by atoms with E-state index < -0.39 is 30.3 Å². The molecule has 0 heterocycles. The molecule has 0 fully saturated rings. The molecular formula is C21H20ClN3O6. The van der Waals surface area contributed by atoms with Crippen LogP contribution in [-0.4, -0.2) is 36.1 Å². The molecule has 10 heteroatoms. The molecule has 0 aliphatic rings. The Morgan fingerprint density at radius 1 is 0.871 bits per heavy atom. The predicted molar refractivity (Wildman–Crippen MR) is 112 cm³/mol. The average molecular weight is 446 g/mol. The van der Waals surface area contributed by atoms with Crippen LogP contribution in [0, 0.1) is 0 Å². The third-order valence-electron chi connectivity index (χ3n) is 3.93. The molecule has 0 aliphatic carbocycles. The van der Waals surface area contributed by atoms with Crippen LogP contribution in [0.15, 0.2) is 48.5 Å². The van der Waals surface area contributed by atoms with Crippen LogP contribution in [0.25, 0.3) is 0 Å². The summed E-state index contributed by atoms with van der Waals surface area (Å²) in [6.07, 6.45) is -0.538. The van der Waals surface area contributed by atoms with Crippen LogP contribution in [-0.2, 0) is 19.1 Å². The monoisotopic (exact) mass is 445 g/mol. The Hall–Kier alpha value is -3.72. The number of hydrogen-bond donors (Lipinski definition) is 3. The van der Waals surface area contributed by atoms with E-state index in [1.807, 2.05) is 0 Å². The fourth-order valence-corrected chi connectivity index (χ4v) is 2.54. The Morgan fingerprint density at radius 3 is 2.19 bits per heavy atom. The van der Waals surface area contributed by atoms with E-state index in [1.165, 1.54) is 19.1 Å². The maximum atomic E-state index is 11.9. The van der Waals surface area contributed by atoms with E-state index in [2.05, 4.69) is 16.2 Å². The molecule has 0 radical (unpaired) electrons. The molecule has 0 bridgehead atoms.